The molecule has 0 aromatic carbocycles. The molecule has 0 aromatic heterocycles. The number of unbranched alkanes of at least 4 members (excludes halogenated alkanes) is 1. The van der Waals surface area contributed by atoms with Crippen molar-refractivity contribution >= 4 is 0 Å². The fourth-order valence-corrected chi connectivity index (χ4v) is 0.605. The standard InChI is InChI=1S/C7H14O2/c1-3-4-5-7(2)6-9-8/h6,8H,3-5H2,1-2H3. The predicted molar refractivity (Wildman–Crippen MR) is 37.0 cm³/mol. The monoisotopic (exact) mass is 130 g/mol. The van der Waals surface area contributed by atoms with Gasteiger partial charge in [-0.25, -0.2) is 5.26 Å². The fourth-order valence-electron chi connectivity index (χ4n) is 0.605. The van der Waals surface area contributed by atoms with E-state index in [0.717, 1.165) is 18.4 Å². The summed E-state index contributed by atoms with van der Waals surface area (Å²) in [5.74, 6) is 0. The highest BCUT2D eigenvalue weighted by Crippen LogP contribution is 2.04. The highest BCUT2D eigenvalue weighted by atomic mass is 17.1. The van der Waals surface area contributed by atoms with Crippen LogP contribution in [0.1, 0.15) is 33.1 Å². The van der Waals surface area contributed by atoms with E-state index in [1.165, 1.54) is 12.7 Å². The lowest BCUT2D eigenvalue weighted by molar-refractivity contribution is -0.187. The summed E-state index contributed by atoms with van der Waals surface area (Å²) in [6.45, 7) is 4.07. The van der Waals surface area contributed by atoms with Crippen molar-refractivity contribution < 1.29 is 10.1 Å². The number of hydrogen-bond acceptors (Lipinski definition) is 2. The third-order valence-electron chi connectivity index (χ3n) is 1.18. The molecule has 9 heavy (non-hydrogen) atoms. The number of allylic oxidation sites excluding steroid dienone is 1. The summed E-state index contributed by atoms with van der Waals surface area (Å²) in [7, 11) is 0. The summed E-state index contributed by atoms with van der Waals surface area (Å²) in [6, 6.07) is 0. The Kier molecular flexibility index (Phi) is 5.32. The van der Waals surface area contributed by atoms with Gasteiger partial charge in [-0.15, -0.1) is 0 Å². The minimum absolute atomic E-state index is 1.01. The van der Waals surface area contributed by atoms with Crippen LogP contribution in [0.25, 0.3) is 0 Å². The Morgan fingerprint density at radius 1 is 1.67 bits per heavy atom. The Morgan fingerprint density at radius 3 is 2.78 bits per heavy atom. The first-order chi connectivity index (χ1) is 4.31. The molecule has 0 bridgehead atoms. The molecule has 0 unspecified atom stereocenters. The summed E-state index contributed by atoms with van der Waals surface area (Å²) >= 11 is 0. The van der Waals surface area contributed by atoms with Gasteiger partial charge in [-0.3, -0.25) is 0 Å². The van der Waals surface area contributed by atoms with Crippen molar-refractivity contribution in [2.24, 2.45) is 0 Å². The normalized spacial score (nSPS) is 11.7. The van der Waals surface area contributed by atoms with Crippen molar-refractivity contribution in [3.05, 3.63) is 11.8 Å². The van der Waals surface area contributed by atoms with Gasteiger partial charge in [0.25, 0.3) is 0 Å². The molecule has 0 aliphatic heterocycles. The SMILES string of the molecule is CCCCC(C)=COO. The molecule has 2 nitrogen and oxygen atoms in total. The predicted octanol–water partition coefficient (Wildman–Crippen LogP) is 2.57. The first-order valence-electron chi connectivity index (χ1n) is 3.27. The van der Waals surface area contributed by atoms with Crippen LogP contribution in [0, 0.1) is 0 Å². The molecule has 1 N–H and O–H groups in total. The van der Waals surface area contributed by atoms with Gasteiger partial charge in [0.2, 0.25) is 0 Å². The quantitative estimate of drug-likeness (QED) is 0.360. The van der Waals surface area contributed by atoms with Gasteiger partial charge in [0.05, 0.1) is 0 Å². The Labute approximate surface area is 56.1 Å². The van der Waals surface area contributed by atoms with Crippen LogP contribution in [0.2, 0.25) is 0 Å². The lowest BCUT2D eigenvalue weighted by atomic mass is 10.1. The molecule has 0 aromatic rings. The molecule has 0 aliphatic carbocycles. The maximum absolute atomic E-state index is 7.96. The highest BCUT2D eigenvalue weighted by molar-refractivity contribution is 4.91. The van der Waals surface area contributed by atoms with Gasteiger partial charge in [0, 0.05) is 0 Å². The van der Waals surface area contributed by atoms with Crippen molar-refractivity contribution in [1.29, 1.82) is 0 Å². The third-order valence-corrected chi connectivity index (χ3v) is 1.18. The number of hydrogen-bond donors (Lipinski definition) is 1. The Hall–Kier alpha value is -0.500. The largest absolute Gasteiger partial charge is 0.348 e. The first-order valence-corrected chi connectivity index (χ1v) is 3.27. The molecule has 0 saturated heterocycles. The van der Waals surface area contributed by atoms with Crippen LogP contribution in [-0.4, -0.2) is 5.26 Å². The van der Waals surface area contributed by atoms with E-state index in [-0.39, 0.29) is 0 Å². The van der Waals surface area contributed by atoms with Crippen LogP contribution < -0.4 is 0 Å². The van der Waals surface area contributed by atoms with Gasteiger partial charge in [-0.05, 0) is 25.3 Å². The average molecular weight is 130 g/mol. The molecule has 0 radical (unpaired) electrons. The van der Waals surface area contributed by atoms with E-state index in [4.69, 9.17) is 5.26 Å². The first kappa shape index (κ1) is 8.50. The zero-order valence-corrected chi connectivity index (χ0v) is 6.05. The van der Waals surface area contributed by atoms with Crippen molar-refractivity contribution in [3.8, 4) is 0 Å². The molecular weight excluding hydrogens is 116 g/mol. The fraction of sp³-hybridized carbons (Fsp3) is 0.714. The van der Waals surface area contributed by atoms with E-state index in [1.54, 1.807) is 0 Å². The van der Waals surface area contributed by atoms with Crippen LogP contribution >= 0.6 is 0 Å². The maximum Gasteiger partial charge on any atom is 0.128 e. The molecule has 0 saturated carbocycles. The van der Waals surface area contributed by atoms with E-state index in [9.17, 15) is 0 Å². The van der Waals surface area contributed by atoms with Gasteiger partial charge < -0.3 is 4.89 Å². The average Bonchev–Trinajstić information content (AvgIpc) is 1.85. The summed E-state index contributed by atoms with van der Waals surface area (Å²) in [5.41, 5.74) is 1.08. The molecule has 54 valence electrons. The highest BCUT2D eigenvalue weighted by Gasteiger charge is 1.87. The topological polar surface area (TPSA) is 29.5 Å². The zero-order valence-electron chi connectivity index (χ0n) is 6.05. The van der Waals surface area contributed by atoms with E-state index >= 15 is 0 Å². The minimum Gasteiger partial charge on any atom is -0.348 e. The number of rotatable bonds is 4. The molecule has 0 rings (SSSR count). The zero-order chi connectivity index (χ0) is 7.11. The van der Waals surface area contributed by atoms with Gasteiger partial charge >= 0.3 is 0 Å². The second-order valence-electron chi connectivity index (χ2n) is 2.17. The molecule has 0 atom stereocenters. The van der Waals surface area contributed by atoms with Crippen LogP contribution in [0.3, 0.4) is 0 Å². The van der Waals surface area contributed by atoms with Crippen LogP contribution in [0.5, 0.6) is 0 Å². The molecule has 0 aliphatic rings. The summed E-state index contributed by atoms with van der Waals surface area (Å²) in [4.78, 5) is 3.84. The van der Waals surface area contributed by atoms with Gasteiger partial charge in [0.15, 0.2) is 0 Å². The third kappa shape index (κ3) is 5.37. The molecule has 0 heterocycles. The second-order valence-corrected chi connectivity index (χ2v) is 2.17. The Morgan fingerprint density at radius 2 is 2.33 bits per heavy atom. The molecule has 0 amide bonds. The smallest absolute Gasteiger partial charge is 0.128 e. The van der Waals surface area contributed by atoms with E-state index in [2.05, 4.69) is 11.8 Å². The lowest BCUT2D eigenvalue weighted by Crippen LogP contribution is -1.78. The van der Waals surface area contributed by atoms with Crippen LogP contribution in [0.15, 0.2) is 11.8 Å². The van der Waals surface area contributed by atoms with E-state index < -0.39 is 0 Å². The van der Waals surface area contributed by atoms with Crippen molar-refractivity contribution in [3.63, 3.8) is 0 Å². The summed E-state index contributed by atoms with van der Waals surface area (Å²) in [6.07, 6.45) is 4.72. The summed E-state index contributed by atoms with van der Waals surface area (Å²) < 4.78 is 0. The van der Waals surface area contributed by atoms with Gasteiger partial charge in [-0.2, -0.15) is 0 Å². The summed E-state index contributed by atoms with van der Waals surface area (Å²) in [5, 5.41) is 7.96. The lowest BCUT2D eigenvalue weighted by Gasteiger charge is -1.95. The van der Waals surface area contributed by atoms with E-state index in [1.807, 2.05) is 6.92 Å². The molecular formula is C7H14O2. The maximum atomic E-state index is 7.96. The Bertz CT molecular complexity index is 86.9. The van der Waals surface area contributed by atoms with Gasteiger partial charge in [0.1, 0.15) is 6.26 Å². The molecule has 2 heteroatoms. The van der Waals surface area contributed by atoms with Gasteiger partial charge in [-0.1, -0.05) is 13.3 Å². The van der Waals surface area contributed by atoms with Crippen molar-refractivity contribution in [2.45, 2.75) is 33.1 Å². The molecule has 0 fully saturated rings. The second kappa shape index (κ2) is 5.63. The van der Waals surface area contributed by atoms with Crippen LogP contribution in [-0.2, 0) is 4.89 Å². The van der Waals surface area contributed by atoms with Crippen molar-refractivity contribution in [1.82, 2.24) is 0 Å². The Balaban J connectivity index is 3.25. The van der Waals surface area contributed by atoms with E-state index in [0.29, 0.717) is 0 Å². The van der Waals surface area contributed by atoms with Crippen molar-refractivity contribution in [2.75, 3.05) is 0 Å². The van der Waals surface area contributed by atoms with Crippen LogP contribution in [0.4, 0.5) is 0 Å². The minimum atomic E-state index is 1.01. The molecule has 0 spiro atoms.